The lowest BCUT2D eigenvalue weighted by molar-refractivity contribution is 0.0878. The van der Waals surface area contributed by atoms with E-state index in [1.54, 1.807) is 0 Å². The van der Waals surface area contributed by atoms with Gasteiger partial charge in [0.05, 0.1) is 11.4 Å². The highest BCUT2D eigenvalue weighted by Gasteiger charge is 2.46. The minimum absolute atomic E-state index is 0.303. The van der Waals surface area contributed by atoms with Crippen molar-refractivity contribution >= 4 is 156 Å². The van der Waals surface area contributed by atoms with E-state index in [9.17, 15) is 0 Å². The number of hydrogen-bond donors (Lipinski definition) is 1. The Morgan fingerprint density at radius 1 is 0.412 bits per heavy atom. The van der Waals surface area contributed by atoms with E-state index in [2.05, 4.69) is 140 Å². The number of alkyl halides is 3. The molecule has 396 valence electrons. The largest absolute Gasteiger partial charge is 0.452 e. The molecule has 0 saturated carbocycles. The second kappa shape index (κ2) is 17.8. The van der Waals surface area contributed by atoms with Gasteiger partial charge in [-0.25, -0.2) is 9.80 Å². The number of carbonyl (C=O) groups excluding carboxylic acids is 4. The summed E-state index contributed by atoms with van der Waals surface area (Å²) < 4.78 is 6.56. The van der Waals surface area contributed by atoms with E-state index in [1.807, 2.05) is 60.7 Å². The average molecular weight is 1110 g/mol. The molecule has 0 bridgehead atoms. The summed E-state index contributed by atoms with van der Waals surface area (Å²) >= 11 is 14.4. The fourth-order valence-electron chi connectivity index (χ4n) is 13.1. The zero-order valence-electron chi connectivity index (χ0n) is 45.5. The Hall–Kier alpha value is -7.85. The maximum absolute atomic E-state index is 15.5. The molecule has 0 saturated heterocycles. The summed E-state index contributed by atoms with van der Waals surface area (Å²) in [6.07, 6.45) is 0. The summed E-state index contributed by atoms with van der Waals surface area (Å²) in [5.74, 6) is -1.18. The number of ether oxygens (including phenoxy) is 1. The highest BCUT2D eigenvalue weighted by atomic mass is 35.6. The number of fused-ring (bicyclic) bond motifs is 6. The molecular weight excluding hydrogens is 1060 g/mol. The van der Waals surface area contributed by atoms with Gasteiger partial charge in [-0.2, -0.15) is 0 Å². The van der Waals surface area contributed by atoms with Crippen molar-refractivity contribution in [3.8, 4) is 11.5 Å². The summed E-state index contributed by atoms with van der Waals surface area (Å²) in [6.45, 7) is 17.0. The molecule has 11 heteroatoms. The van der Waals surface area contributed by atoms with Crippen molar-refractivity contribution in [2.45, 2.75) is 75.9 Å². The zero-order chi connectivity index (χ0) is 56.4. The highest BCUT2D eigenvalue weighted by Crippen LogP contribution is 2.58. The molecule has 15 rings (SSSR count). The van der Waals surface area contributed by atoms with Crippen LogP contribution in [0.4, 0.5) is 11.4 Å². The standard InChI is InChI=1S/C67H48N2O5.CHCl3.CH4O/c1-65(2,3)35-29-49-59(51(31-35)68-61(70)45-25-21-41-37-17-9-13-33-14-10-18-38(53(33)37)42-22-26-46(62(68)71)57(45)55(41)42)74-60-50(67(49,7)8)30-36(66(4,5)6)32-52(60)69-63(72)47-27-23-43-39-19-11-15-34-16-12-20-40(54(34)39)44-24-28-48(64(69)73)58(47)56(43)44;2-1(3)4;1-2/h9-32H,1-8H3;1H;2H,1H3. The van der Waals surface area contributed by atoms with Crippen molar-refractivity contribution in [3.63, 3.8) is 0 Å². The van der Waals surface area contributed by atoms with Crippen LogP contribution in [-0.4, -0.2) is 40.1 Å². The summed E-state index contributed by atoms with van der Waals surface area (Å²) in [4.78, 5) is 64.8. The number of hydrogen-bond acceptors (Lipinski definition) is 6. The SMILES string of the molecule is CC(C)(C)c1cc(N2C(=O)c3ccc4c5cccc6cccc(c7ccc(c3c47)C2=O)c65)c2c(c1)C(C)(C)c1cc(C(C)(C)C)cc(N3C(=O)c4ccc5c6cccc7cccc(c8ccc(c4c58)C3=O)c76)c1O2.CO.ClC(Cl)Cl. The van der Waals surface area contributed by atoms with E-state index >= 15 is 19.2 Å². The molecule has 8 nitrogen and oxygen atoms in total. The summed E-state index contributed by atoms with van der Waals surface area (Å²) in [5.41, 5.74) is 4.04. The summed E-state index contributed by atoms with van der Waals surface area (Å²) in [5, 5.41) is 22.9. The van der Waals surface area contributed by atoms with Crippen LogP contribution in [0.15, 0.2) is 146 Å². The molecule has 0 aromatic heterocycles. The predicted molar refractivity (Wildman–Crippen MR) is 330 cm³/mol. The number of benzene rings is 12. The smallest absolute Gasteiger partial charge is 0.266 e. The molecule has 80 heavy (non-hydrogen) atoms. The van der Waals surface area contributed by atoms with Crippen LogP contribution in [0.2, 0.25) is 0 Å². The molecule has 12 aromatic rings. The first kappa shape index (κ1) is 51.6. The quantitative estimate of drug-likeness (QED) is 0.0800. The monoisotopic (exact) mass is 1110 g/mol. The molecule has 4 amide bonds. The Balaban J connectivity index is 0.000000967. The van der Waals surface area contributed by atoms with Crippen molar-refractivity contribution in [2.75, 3.05) is 16.9 Å². The highest BCUT2D eigenvalue weighted by molar-refractivity contribution is 6.63. The van der Waals surface area contributed by atoms with Crippen molar-refractivity contribution in [2.24, 2.45) is 0 Å². The van der Waals surface area contributed by atoms with E-state index in [4.69, 9.17) is 44.6 Å². The number of imide groups is 2. The third-order valence-electron chi connectivity index (χ3n) is 16.9. The third kappa shape index (κ3) is 7.18. The third-order valence-corrected chi connectivity index (χ3v) is 16.9. The van der Waals surface area contributed by atoms with Crippen LogP contribution in [0.5, 0.6) is 11.5 Å². The Labute approximate surface area is 476 Å². The molecular formula is C69H53Cl3N2O6. The maximum atomic E-state index is 15.5. The Morgan fingerprint density at radius 2 is 0.688 bits per heavy atom. The van der Waals surface area contributed by atoms with Crippen LogP contribution in [-0.2, 0) is 16.2 Å². The van der Waals surface area contributed by atoms with Crippen LogP contribution in [0.25, 0.3) is 86.2 Å². The normalized spacial score (nSPS) is 14.9. The van der Waals surface area contributed by atoms with Gasteiger partial charge in [-0.1, -0.05) is 199 Å². The molecule has 0 fully saturated rings. The summed E-state index contributed by atoms with van der Waals surface area (Å²) in [7, 11) is 1.00. The molecule has 3 aliphatic rings. The van der Waals surface area contributed by atoms with Gasteiger partial charge in [0.2, 0.25) is 0 Å². The van der Waals surface area contributed by atoms with Crippen molar-refractivity contribution < 1.29 is 29.0 Å². The number of amides is 4. The van der Waals surface area contributed by atoms with E-state index in [0.29, 0.717) is 55.9 Å². The van der Waals surface area contributed by atoms with E-state index in [1.165, 1.54) is 9.80 Å². The molecule has 0 atom stereocenters. The number of carbonyl (C=O) groups is 4. The van der Waals surface area contributed by atoms with Gasteiger partial charge in [0, 0.05) is 56.7 Å². The van der Waals surface area contributed by atoms with Crippen LogP contribution in [0, 0.1) is 0 Å². The van der Waals surface area contributed by atoms with Crippen LogP contribution in [0.3, 0.4) is 0 Å². The fraction of sp³-hybridized carbons (Fsp3) is 0.188. The minimum atomic E-state index is -0.834. The van der Waals surface area contributed by atoms with Gasteiger partial charge >= 0.3 is 0 Å². The number of rotatable bonds is 2. The maximum Gasteiger partial charge on any atom is 0.266 e. The molecule has 12 aromatic carbocycles. The van der Waals surface area contributed by atoms with Crippen LogP contribution in [0.1, 0.15) is 119 Å². The molecule has 0 radical (unpaired) electrons. The average Bonchev–Trinajstić information content (AvgIpc) is 3.41. The van der Waals surface area contributed by atoms with Gasteiger partial charge in [0.15, 0.2) is 15.8 Å². The zero-order valence-corrected chi connectivity index (χ0v) is 47.7. The van der Waals surface area contributed by atoms with E-state index in [-0.39, 0.29) is 0 Å². The predicted octanol–water partition coefficient (Wildman–Crippen LogP) is 18.0. The number of aliphatic hydroxyl groups is 1. The summed E-state index contributed by atoms with van der Waals surface area (Å²) in [6, 6.07) is 48.8. The van der Waals surface area contributed by atoms with Crippen molar-refractivity contribution in [3.05, 3.63) is 190 Å². The first-order valence-corrected chi connectivity index (χ1v) is 27.9. The van der Waals surface area contributed by atoms with Crippen molar-refractivity contribution in [1.29, 1.82) is 0 Å². The lowest BCUT2D eigenvalue weighted by atomic mass is 9.71. The molecule has 0 spiro atoms. The first-order valence-electron chi connectivity index (χ1n) is 26.6. The lowest BCUT2D eigenvalue weighted by Gasteiger charge is -2.41. The number of aliphatic hydroxyl groups excluding tert-OH is 1. The lowest BCUT2D eigenvalue weighted by Crippen LogP contribution is -2.42. The van der Waals surface area contributed by atoms with Crippen LogP contribution < -0.4 is 14.5 Å². The Kier molecular flexibility index (Phi) is 11.5. The van der Waals surface area contributed by atoms with Crippen molar-refractivity contribution in [1.82, 2.24) is 0 Å². The fourth-order valence-corrected chi connectivity index (χ4v) is 13.1. The Bertz CT molecular complexity index is 4240. The van der Waals surface area contributed by atoms with Gasteiger partial charge < -0.3 is 9.84 Å². The number of nitrogens with zero attached hydrogens (tertiary/aromatic N) is 2. The number of anilines is 2. The molecule has 3 aliphatic heterocycles. The van der Waals surface area contributed by atoms with Gasteiger partial charge in [-0.3, -0.25) is 19.2 Å². The Morgan fingerprint density at radius 3 is 0.963 bits per heavy atom. The first-order chi connectivity index (χ1) is 38.1. The van der Waals surface area contributed by atoms with Gasteiger partial charge in [-0.15, -0.1) is 0 Å². The van der Waals surface area contributed by atoms with Gasteiger partial charge in [-0.05, 0) is 134 Å². The van der Waals surface area contributed by atoms with Gasteiger partial charge in [0.25, 0.3) is 23.6 Å². The molecule has 1 N–H and O–H groups in total. The number of halogens is 3. The van der Waals surface area contributed by atoms with Crippen LogP contribution >= 0.6 is 34.8 Å². The minimum Gasteiger partial charge on any atom is -0.452 e. The molecule has 0 unspecified atom stereocenters. The second-order valence-electron chi connectivity index (χ2n) is 23.7. The van der Waals surface area contributed by atoms with E-state index in [0.717, 1.165) is 105 Å². The second-order valence-corrected chi connectivity index (χ2v) is 25.7. The molecule has 0 aliphatic carbocycles. The molecule has 3 heterocycles. The van der Waals surface area contributed by atoms with Gasteiger partial charge in [0.1, 0.15) is 0 Å². The topological polar surface area (TPSA) is 104 Å². The van der Waals surface area contributed by atoms with E-state index < -0.39 is 44.2 Å².